The summed E-state index contributed by atoms with van der Waals surface area (Å²) in [5, 5.41) is 1.13. The number of benzene rings is 3. The number of fused-ring (bicyclic) bond motifs is 3. The number of H-pyrrole nitrogens is 1. The van der Waals surface area contributed by atoms with E-state index in [4.69, 9.17) is 0 Å². The van der Waals surface area contributed by atoms with E-state index < -0.39 is 5.82 Å². The van der Waals surface area contributed by atoms with Gasteiger partial charge in [0.2, 0.25) is 0 Å². The van der Waals surface area contributed by atoms with Gasteiger partial charge in [-0.15, -0.1) is 0 Å². The Bertz CT molecular complexity index is 1270. The van der Waals surface area contributed by atoms with Crippen LogP contribution >= 0.6 is 0 Å². The van der Waals surface area contributed by atoms with Gasteiger partial charge in [-0.25, -0.2) is 4.39 Å². The average molecular weight is 398 g/mol. The first-order chi connectivity index (χ1) is 14.6. The lowest BCUT2D eigenvalue weighted by molar-refractivity contribution is 0.0731. The number of aromatic nitrogens is 1. The molecule has 0 saturated carbocycles. The van der Waals surface area contributed by atoms with Gasteiger partial charge in [-0.3, -0.25) is 9.59 Å². The summed E-state index contributed by atoms with van der Waals surface area (Å²) in [4.78, 5) is 31.6. The fraction of sp³-hybridized carbons (Fsp3) is 0.120. The largest absolute Gasteiger partial charge is 0.358 e. The van der Waals surface area contributed by atoms with E-state index in [1.165, 1.54) is 24.3 Å². The van der Waals surface area contributed by atoms with Gasteiger partial charge in [-0.05, 0) is 36.4 Å². The van der Waals surface area contributed by atoms with E-state index in [2.05, 4.69) is 11.1 Å². The normalized spacial score (nSPS) is 13.3. The number of aromatic amines is 1. The van der Waals surface area contributed by atoms with Crippen molar-refractivity contribution in [3.8, 4) is 0 Å². The average Bonchev–Trinajstić information content (AvgIpc) is 3.16. The lowest BCUT2D eigenvalue weighted by atomic mass is 9.96. The van der Waals surface area contributed by atoms with Crippen molar-refractivity contribution in [2.45, 2.75) is 13.0 Å². The molecule has 5 heteroatoms. The quantitative estimate of drug-likeness (QED) is 0.507. The number of nitrogens with zero attached hydrogens (tertiary/aromatic N) is 1. The molecule has 5 rings (SSSR count). The van der Waals surface area contributed by atoms with Crippen LogP contribution < -0.4 is 0 Å². The molecule has 148 valence electrons. The Labute approximate surface area is 173 Å². The van der Waals surface area contributed by atoms with Crippen LogP contribution in [0.5, 0.6) is 0 Å². The van der Waals surface area contributed by atoms with Crippen LogP contribution in [0.2, 0.25) is 0 Å². The number of rotatable bonds is 3. The molecular weight excluding hydrogens is 379 g/mol. The molecule has 30 heavy (non-hydrogen) atoms. The van der Waals surface area contributed by atoms with E-state index in [0.717, 1.165) is 28.6 Å². The first-order valence-corrected chi connectivity index (χ1v) is 9.89. The molecule has 3 aromatic carbocycles. The molecule has 0 atom stereocenters. The molecule has 4 aromatic rings. The van der Waals surface area contributed by atoms with E-state index >= 15 is 0 Å². The molecule has 2 heterocycles. The summed E-state index contributed by atoms with van der Waals surface area (Å²) < 4.78 is 13.2. The van der Waals surface area contributed by atoms with E-state index in [9.17, 15) is 14.0 Å². The monoisotopic (exact) mass is 398 g/mol. The Hall–Kier alpha value is -3.73. The second kappa shape index (κ2) is 7.26. The van der Waals surface area contributed by atoms with Gasteiger partial charge in [0.1, 0.15) is 5.82 Å². The smallest absolute Gasteiger partial charge is 0.254 e. The fourth-order valence-electron chi connectivity index (χ4n) is 4.13. The Morgan fingerprint density at radius 1 is 0.867 bits per heavy atom. The molecule has 0 aliphatic carbocycles. The maximum Gasteiger partial charge on any atom is 0.254 e. The van der Waals surface area contributed by atoms with Crippen molar-refractivity contribution in [2.24, 2.45) is 0 Å². The van der Waals surface area contributed by atoms with E-state index in [1.54, 1.807) is 29.2 Å². The van der Waals surface area contributed by atoms with Crippen molar-refractivity contribution in [1.82, 2.24) is 9.88 Å². The van der Waals surface area contributed by atoms with Gasteiger partial charge >= 0.3 is 0 Å². The van der Waals surface area contributed by atoms with Crippen LogP contribution in [0.1, 0.15) is 37.5 Å². The van der Waals surface area contributed by atoms with Crippen molar-refractivity contribution in [2.75, 3.05) is 6.54 Å². The number of hydrogen-bond acceptors (Lipinski definition) is 2. The van der Waals surface area contributed by atoms with Gasteiger partial charge in [0.05, 0.1) is 5.56 Å². The zero-order valence-electron chi connectivity index (χ0n) is 16.2. The third kappa shape index (κ3) is 3.08. The Kier molecular flexibility index (Phi) is 4.43. The second-order valence-corrected chi connectivity index (χ2v) is 7.49. The predicted octanol–water partition coefficient (Wildman–Crippen LogP) is 4.74. The van der Waals surface area contributed by atoms with Crippen LogP contribution in [0.15, 0.2) is 72.8 Å². The first kappa shape index (κ1) is 18.3. The SMILES string of the molecule is O=C(c1ccc(F)cc1)c1ccccc1C(=O)N1CCc2[nH]c3ccccc3c2C1. The summed E-state index contributed by atoms with van der Waals surface area (Å²) in [7, 11) is 0. The maximum absolute atomic E-state index is 13.4. The molecule has 0 unspecified atom stereocenters. The minimum absolute atomic E-state index is 0.169. The predicted molar refractivity (Wildman–Crippen MR) is 113 cm³/mol. The highest BCUT2D eigenvalue weighted by atomic mass is 19.1. The van der Waals surface area contributed by atoms with Crippen LogP contribution in [0, 0.1) is 5.82 Å². The molecule has 0 fully saturated rings. The molecule has 4 nitrogen and oxygen atoms in total. The number of hydrogen-bond donors (Lipinski definition) is 1. The number of ketones is 1. The van der Waals surface area contributed by atoms with E-state index in [1.807, 2.05) is 18.2 Å². The Morgan fingerprint density at radius 3 is 2.37 bits per heavy atom. The van der Waals surface area contributed by atoms with Gasteiger partial charge in [-0.1, -0.05) is 36.4 Å². The van der Waals surface area contributed by atoms with Gasteiger partial charge in [-0.2, -0.15) is 0 Å². The molecule has 0 saturated heterocycles. The number of amides is 1. The molecule has 1 aromatic heterocycles. The highest BCUT2D eigenvalue weighted by molar-refractivity contribution is 6.15. The lowest BCUT2D eigenvalue weighted by Crippen LogP contribution is -2.36. The van der Waals surface area contributed by atoms with Gasteiger partial charge < -0.3 is 9.88 Å². The van der Waals surface area contributed by atoms with E-state index in [0.29, 0.717) is 29.8 Å². The Balaban J connectivity index is 1.47. The van der Waals surface area contributed by atoms with Crippen molar-refractivity contribution >= 4 is 22.6 Å². The second-order valence-electron chi connectivity index (χ2n) is 7.49. The number of halogens is 1. The van der Waals surface area contributed by atoms with Crippen molar-refractivity contribution in [3.05, 3.63) is 107 Å². The highest BCUT2D eigenvalue weighted by Crippen LogP contribution is 2.29. The van der Waals surface area contributed by atoms with E-state index in [-0.39, 0.29) is 11.7 Å². The minimum atomic E-state index is -0.404. The maximum atomic E-state index is 13.4. The third-order valence-corrected chi connectivity index (χ3v) is 5.68. The molecule has 1 aliphatic heterocycles. The fourth-order valence-corrected chi connectivity index (χ4v) is 4.13. The van der Waals surface area contributed by atoms with Gasteiger partial charge in [0.15, 0.2) is 5.78 Å². The standard InChI is InChI=1S/C25H19FN2O2/c26-17-11-9-16(10-12-17)24(29)19-6-1-2-7-20(19)25(30)28-14-13-23-21(15-28)18-5-3-4-8-22(18)27-23/h1-12,27H,13-15H2. The molecular formula is C25H19FN2O2. The van der Waals surface area contributed by atoms with Crippen LogP contribution in [0.3, 0.4) is 0 Å². The van der Waals surface area contributed by atoms with Gasteiger partial charge in [0, 0.05) is 52.8 Å². The lowest BCUT2D eigenvalue weighted by Gasteiger charge is -2.28. The molecule has 1 aliphatic rings. The molecule has 0 radical (unpaired) electrons. The van der Waals surface area contributed by atoms with Crippen LogP contribution in [0.25, 0.3) is 10.9 Å². The van der Waals surface area contributed by atoms with Crippen LogP contribution in [-0.2, 0) is 13.0 Å². The molecule has 0 spiro atoms. The molecule has 1 amide bonds. The molecule has 0 bridgehead atoms. The van der Waals surface area contributed by atoms with Crippen molar-refractivity contribution in [1.29, 1.82) is 0 Å². The summed E-state index contributed by atoms with van der Waals surface area (Å²) >= 11 is 0. The highest BCUT2D eigenvalue weighted by Gasteiger charge is 2.27. The summed E-state index contributed by atoms with van der Waals surface area (Å²) in [5.74, 6) is -0.862. The third-order valence-electron chi connectivity index (χ3n) is 5.68. The van der Waals surface area contributed by atoms with Crippen molar-refractivity contribution < 1.29 is 14.0 Å². The van der Waals surface area contributed by atoms with Crippen LogP contribution in [0.4, 0.5) is 4.39 Å². The summed E-state index contributed by atoms with van der Waals surface area (Å²) in [5.41, 5.74) is 4.43. The number of nitrogens with one attached hydrogen (secondary N) is 1. The summed E-state index contributed by atoms with van der Waals surface area (Å²) in [6, 6.07) is 20.3. The Morgan fingerprint density at radius 2 is 1.57 bits per heavy atom. The zero-order chi connectivity index (χ0) is 20.7. The number of carbonyl (C=O) groups is 2. The number of carbonyl (C=O) groups excluding carboxylic acids is 2. The van der Waals surface area contributed by atoms with Gasteiger partial charge in [0.25, 0.3) is 5.91 Å². The van der Waals surface area contributed by atoms with Crippen molar-refractivity contribution in [3.63, 3.8) is 0 Å². The van der Waals surface area contributed by atoms with Crippen LogP contribution in [-0.4, -0.2) is 28.1 Å². The number of para-hydroxylation sites is 1. The molecule has 1 N–H and O–H groups in total. The topological polar surface area (TPSA) is 53.2 Å². The minimum Gasteiger partial charge on any atom is -0.358 e. The zero-order valence-corrected chi connectivity index (χ0v) is 16.2. The summed E-state index contributed by atoms with van der Waals surface area (Å²) in [6.45, 7) is 1.08. The first-order valence-electron chi connectivity index (χ1n) is 9.89. The summed E-state index contributed by atoms with van der Waals surface area (Å²) in [6.07, 6.45) is 0.740.